The molecule has 2 atom stereocenters. The van der Waals surface area contributed by atoms with Gasteiger partial charge in [-0.1, -0.05) is 35.2 Å². The number of hydrogen-bond acceptors (Lipinski definition) is 2. The molecule has 2 unspecified atom stereocenters. The molecule has 1 rings (SSSR count). The van der Waals surface area contributed by atoms with E-state index >= 15 is 0 Å². The fourth-order valence-electron chi connectivity index (χ4n) is 2.27. The SMILES string of the molecule is CS(=O)(=O)CCCC1CCCCCC1Br. The minimum absolute atomic E-state index is 0.350. The Morgan fingerprint density at radius 3 is 2.53 bits per heavy atom. The van der Waals surface area contributed by atoms with Crippen molar-refractivity contribution in [3.63, 3.8) is 0 Å². The molecule has 0 aliphatic heterocycles. The first-order valence-corrected chi connectivity index (χ1v) is 8.78. The Morgan fingerprint density at radius 1 is 1.20 bits per heavy atom. The first kappa shape index (κ1) is 13.5. The molecule has 0 bridgehead atoms. The Bertz CT molecular complexity index is 274. The van der Waals surface area contributed by atoms with E-state index in [0.717, 1.165) is 12.8 Å². The third-order valence-electron chi connectivity index (χ3n) is 3.16. The monoisotopic (exact) mass is 296 g/mol. The highest BCUT2D eigenvalue weighted by Crippen LogP contribution is 2.31. The topological polar surface area (TPSA) is 34.1 Å². The molecule has 1 aliphatic rings. The van der Waals surface area contributed by atoms with Crippen molar-refractivity contribution in [1.82, 2.24) is 0 Å². The number of alkyl halides is 1. The normalized spacial score (nSPS) is 28.7. The zero-order chi connectivity index (χ0) is 11.3. The maximum absolute atomic E-state index is 11.0. The van der Waals surface area contributed by atoms with Crippen molar-refractivity contribution in [2.75, 3.05) is 12.0 Å². The quantitative estimate of drug-likeness (QED) is 0.590. The maximum atomic E-state index is 11.0. The molecular formula is C11H21BrO2S. The number of rotatable bonds is 4. The van der Waals surface area contributed by atoms with E-state index in [9.17, 15) is 8.42 Å². The molecule has 0 aromatic carbocycles. The van der Waals surface area contributed by atoms with Crippen LogP contribution in [0.25, 0.3) is 0 Å². The van der Waals surface area contributed by atoms with Gasteiger partial charge >= 0.3 is 0 Å². The van der Waals surface area contributed by atoms with Crippen molar-refractivity contribution in [3.05, 3.63) is 0 Å². The van der Waals surface area contributed by atoms with Crippen LogP contribution in [0.5, 0.6) is 0 Å². The van der Waals surface area contributed by atoms with E-state index in [2.05, 4.69) is 15.9 Å². The van der Waals surface area contributed by atoms with Crippen molar-refractivity contribution in [2.24, 2.45) is 5.92 Å². The van der Waals surface area contributed by atoms with Crippen LogP contribution in [0.1, 0.15) is 44.9 Å². The van der Waals surface area contributed by atoms with Crippen LogP contribution in [0.2, 0.25) is 0 Å². The lowest BCUT2D eigenvalue weighted by molar-refractivity contribution is 0.439. The zero-order valence-electron chi connectivity index (χ0n) is 9.41. The highest BCUT2D eigenvalue weighted by molar-refractivity contribution is 9.09. The molecule has 0 aromatic rings. The summed E-state index contributed by atoms with van der Waals surface area (Å²) in [7, 11) is -2.77. The summed E-state index contributed by atoms with van der Waals surface area (Å²) in [6, 6.07) is 0. The molecule has 0 N–H and O–H groups in total. The van der Waals surface area contributed by atoms with E-state index in [1.807, 2.05) is 0 Å². The number of hydrogen-bond donors (Lipinski definition) is 0. The van der Waals surface area contributed by atoms with E-state index in [1.54, 1.807) is 0 Å². The summed E-state index contributed by atoms with van der Waals surface area (Å²) in [5.74, 6) is 1.04. The van der Waals surface area contributed by atoms with Gasteiger partial charge in [-0.05, 0) is 31.6 Å². The molecule has 0 aromatic heterocycles. The molecule has 2 nitrogen and oxygen atoms in total. The summed E-state index contributed by atoms with van der Waals surface area (Å²) >= 11 is 3.74. The van der Waals surface area contributed by atoms with Crippen LogP contribution < -0.4 is 0 Å². The molecule has 1 fully saturated rings. The Hall–Kier alpha value is 0.430. The summed E-state index contributed by atoms with van der Waals surface area (Å²) in [5, 5.41) is 0. The molecule has 1 aliphatic carbocycles. The van der Waals surface area contributed by atoms with Crippen molar-refractivity contribution in [2.45, 2.75) is 49.8 Å². The Labute approximate surface area is 102 Å². The van der Waals surface area contributed by atoms with Crippen LogP contribution in [0.15, 0.2) is 0 Å². The minimum Gasteiger partial charge on any atom is -0.229 e. The summed E-state index contributed by atoms with van der Waals surface area (Å²) in [5.41, 5.74) is 0. The van der Waals surface area contributed by atoms with Crippen LogP contribution in [-0.2, 0) is 9.84 Å². The van der Waals surface area contributed by atoms with Gasteiger partial charge in [-0.15, -0.1) is 0 Å². The lowest BCUT2D eigenvalue weighted by Gasteiger charge is -2.19. The zero-order valence-corrected chi connectivity index (χ0v) is 11.8. The Kier molecular flexibility index (Phi) is 5.61. The van der Waals surface area contributed by atoms with Crippen molar-refractivity contribution < 1.29 is 8.42 Å². The van der Waals surface area contributed by atoms with Gasteiger partial charge in [0.25, 0.3) is 0 Å². The Balaban J connectivity index is 2.29. The molecule has 90 valence electrons. The van der Waals surface area contributed by atoms with Gasteiger partial charge in [0.2, 0.25) is 0 Å². The standard InChI is InChI=1S/C11H21BrO2S/c1-15(13,14)9-5-7-10-6-3-2-4-8-11(10)12/h10-11H,2-9H2,1H3. The summed E-state index contributed by atoms with van der Waals surface area (Å²) in [4.78, 5) is 0.611. The number of sulfone groups is 1. The predicted molar refractivity (Wildman–Crippen MR) is 68.2 cm³/mol. The van der Waals surface area contributed by atoms with E-state index in [-0.39, 0.29) is 0 Å². The van der Waals surface area contributed by atoms with Crippen LogP contribution in [0.3, 0.4) is 0 Å². The first-order chi connectivity index (χ1) is 6.99. The largest absolute Gasteiger partial charge is 0.229 e. The molecule has 4 heteroatoms. The molecule has 0 amide bonds. The van der Waals surface area contributed by atoms with Gasteiger partial charge in [-0.25, -0.2) is 8.42 Å². The van der Waals surface area contributed by atoms with E-state index in [0.29, 0.717) is 16.5 Å². The van der Waals surface area contributed by atoms with Crippen molar-refractivity contribution in [1.29, 1.82) is 0 Å². The fraction of sp³-hybridized carbons (Fsp3) is 1.00. The smallest absolute Gasteiger partial charge is 0.147 e. The lowest BCUT2D eigenvalue weighted by atomic mass is 9.95. The van der Waals surface area contributed by atoms with Gasteiger partial charge in [-0.2, -0.15) is 0 Å². The summed E-state index contributed by atoms with van der Waals surface area (Å²) < 4.78 is 22.0. The van der Waals surface area contributed by atoms with E-state index in [1.165, 1.54) is 38.4 Å². The van der Waals surface area contributed by atoms with Gasteiger partial charge in [-0.3, -0.25) is 0 Å². The molecule has 0 radical (unpaired) electrons. The van der Waals surface area contributed by atoms with Gasteiger partial charge < -0.3 is 0 Å². The van der Waals surface area contributed by atoms with Crippen molar-refractivity contribution in [3.8, 4) is 0 Å². The third-order valence-corrected chi connectivity index (χ3v) is 5.39. The minimum atomic E-state index is -2.77. The lowest BCUT2D eigenvalue weighted by Crippen LogP contribution is -2.14. The van der Waals surface area contributed by atoms with E-state index < -0.39 is 9.84 Å². The maximum Gasteiger partial charge on any atom is 0.147 e. The molecular weight excluding hydrogens is 276 g/mol. The summed E-state index contributed by atoms with van der Waals surface area (Å²) in [6.45, 7) is 0. The highest BCUT2D eigenvalue weighted by Gasteiger charge is 2.21. The molecule has 0 spiro atoms. The summed E-state index contributed by atoms with van der Waals surface area (Å²) in [6.07, 6.45) is 9.69. The van der Waals surface area contributed by atoms with Gasteiger partial charge in [0.15, 0.2) is 0 Å². The molecule has 0 heterocycles. The van der Waals surface area contributed by atoms with Gasteiger partial charge in [0.1, 0.15) is 9.84 Å². The molecule has 1 saturated carbocycles. The predicted octanol–water partition coefficient (Wildman–Crippen LogP) is 3.16. The second kappa shape index (κ2) is 6.24. The van der Waals surface area contributed by atoms with Crippen LogP contribution in [-0.4, -0.2) is 25.3 Å². The fourth-order valence-corrected chi connectivity index (χ4v) is 3.82. The van der Waals surface area contributed by atoms with E-state index in [4.69, 9.17) is 0 Å². The average Bonchev–Trinajstić information content (AvgIpc) is 2.30. The van der Waals surface area contributed by atoms with Crippen molar-refractivity contribution >= 4 is 25.8 Å². The molecule has 0 saturated heterocycles. The number of halogens is 1. The second-order valence-electron chi connectivity index (χ2n) is 4.69. The second-order valence-corrected chi connectivity index (χ2v) is 8.12. The molecule has 15 heavy (non-hydrogen) atoms. The van der Waals surface area contributed by atoms with Gasteiger partial charge in [0, 0.05) is 16.8 Å². The first-order valence-electron chi connectivity index (χ1n) is 5.81. The van der Waals surface area contributed by atoms with Gasteiger partial charge in [0.05, 0.1) is 0 Å². The Morgan fingerprint density at radius 2 is 1.87 bits per heavy atom. The van der Waals surface area contributed by atoms with Crippen LogP contribution in [0.4, 0.5) is 0 Å². The third kappa shape index (κ3) is 5.91. The highest BCUT2D eigenvalue weighted by atomic mass is 79.9. The van der Waals surface area contributed by atoms with Crippen LogP contribution >= 0.6 is 15.9 Å². The average molecular weight is 297 g/mol. The van der Waals surface area contributed by atoms with Crippen LogP contribution in [0, 0.1) is 5.92 Å².